The van der Waals surface area contributed by atoms with E-state index in [0.29, 0.717) is 24.8 Å². The van der Waals surface area contributed by atoms with Crippen molar-refractivity contribution in [3.05, 3.63) is 35.9 Å². The van der Waals surface area contributed by atoms with Crippen LogP contribution in [0.4, 0.5) is 0 Å². The summed E-state index contributed by atoms with van der Waals surface area (Å²) >= 11 is 1.87. The van der Waals surface area contributed by atoms with Crippen molar-refractivity contribution in [3.63, 3.8) is 0 Å². The first-order valence-corrected chi connectivity index (χ1v) is 9.43. The Hall–Kier alpha value is -0.520. The van der Waals surface area contributed by atoms with Crippen LogP contribution in [0.2, 0.25) is 0 Å². The molecule has 1 heterocycles. The molecule has 1 fully saturated rings. The predicted octanol–water partition coefficient (Wildman–Crippen LogP) is 2.91. The highest BCUT2D eigenvalue weighted by molar-refractivity contribution is 7.99. The van der Waals surface area contributed by atoms with Crippen LogP contribution in [-0.4, -0.2) is 37.3 Å². The molecular weight excluding hydrogens is 278 g/mol. The maximum absolute atomic E-state index is 12.1. The van der Waals surface area contributed by atoms with Crippen LogP contribution in [0, 0.1) is 0 Å². The largest absolute Gasteiger partial charge is 0.214 e. The SMILES string of the molecule is CCCS(=O)(=O)N1CCS[C@@H](c2ccccc2)CC1. The highest BCUT2D eigenvalue weighted by Crippen LogP contribution is 2.34. The second-order valence-electron chi connectivity index (χ2n) is 4.77. The molecule has 1 saturated heterocycles. The third-order valence-corrected chi connectivity index (χ3v) is 6.73. The number of benzene rings is 1. The van der Waals surface area contributed by atoms with Gasteiger partial charge in [0.15, 0.2) is 0 Å². The molecule has 1 aliphatic heterocycles. The minimum Gasteiger partial charge on any atom is -0.212 e. The molecule has 1 atom stereocenters. The lowest BCUT2D eigenvalue weighted by atomic mass is 10.1. The normalized spacial score (nSPS) is 22.1. The monoisotopic (exact) mass is 299 g/mol. The van der Waals surface area contributed by atoms with Crippen molar-refractivity contribution in [2.45, 2.75) is 25.0 Å². The third kappa shape index (κ3) is 3.97. The molecule has 0 spiro atoms. The van der Waals surface area contributed by atoms with Gasteiger partial charge in [0.1, 0.15) is 0 Å². The Kier molecular flexibility index (Phi) is 5.30. The van der Waals surface area contributed by atoms with Gasteiger partial charge >= 0.3 is 0 Å². The average Bonchev–Trinajstić information content (AvgIpc) is 2.66. The minimum absolute atomic E-state index is 0.271. The fraction of sp³-hybridized carbons (Fsp3) is 0.571. The molecule has 1 aliphatic rings. The zero-order chi connectivity index (χ0) is 13.7. The summed E-state index contributed by atoms with van der Waals surface area (Å²) in [5, 5.41) is 0.419. The fourth-order valence-corrected chi connectivity index (χ4v) is 5.22. The zero-order valence-corrected chi connectivity index (χ0v) is 12.9. The van der Waals surface area contributed by atoms with Crippen molar-refractivity contribution in [1.82, 2.24) is 4.31 Å². The zero-order valence-electron chi connectivity index (χ0n) is 11.3. The molecule has 0 saturated carbocycles. The van der Waals surface area contributed by atoms with Crippen LogP contribution in [0.3, 0.4) is 0 Å². The van der Waals surface area contributed by atoms with E-state index in [-0.39, 0.29) is 5.75 Å². The lowest BCUT2D eigenvalue weighted by Gasteiger charge is -2.19. The Morgan fingerprint density at radius 2 is 2.00 bits per heavy atom. The molecule has 2 rings (SSSR count). The van der Waals surface area contributed by atoms with Crippen LogP contribution in [0.5, 0.6) is 0 Å². The predicted molar refractivity (Wildman–Crippen MR) is 81.9 cm³/mol. The minimum atomic E-state index is -3.04. The number of rotatable bonds is 4. The summed E-state index contributed by atoms with van der Waals surface area (Å²) in [4.78, 5) is 0. The van der Waals surface area contributed by atoms with E-state index in [0.717, 1.165) is 12.2 Å². The molecule has 5 heteroatoms. The molecular formula is C14H21NO2S2. The molecule has 0 radical (unpaired) electrons. The molecule has 1 aromatic carbocycles. The molecule has 0 aromatic heterocycles. The summed E-state index contributed by atoms with van der Waals surface area (Å²) in [6.07, 6.45) is 1.59. The van der Waals surface area contributed by atoms with E-state index in [1.165, 1.54) is 5.56 Å². The van der Waals surface area contributed by atoms with Crippen molar-refractivity contribution >= 4 is 21.8 Å². The van der Waals surface area contributed by atoms with Gasteiger partial charge < -0.3 is 0 Å². The quantitative estimate of drug-likeness (QED) is 0.858. The van der Waals surface area contributed by atoms with Crippen LogP contribution in [0.25, 0.3) is 0 Å². The number of hydrogen-bond donors (Lipinski definition) is 0. The molecule has 0 bridgehead atoms. The van der Waals surface area contributed by atoms with E-state index in [4.69, 9.17) is 0 Å². The van der Waals surface area contributed by atoms with Gasteiger partial charge in [0.05, 0.1) is 5.75 Å². The first kappa shape index (κ1) is 14.9. The number of hydrogen-bond acceptors (Lipinski definition) is 3. The maximum atomic E-state index is 12.1. The summed E-state index contributed by atoms with van der Waals surface area (Å²) in [5.41, 5.74) is 1.31. The van der Waals surface area contributed by atoms with Gasteiger partial charge in [0.25, 0.3) is 0 Å². The number of thioether (sulfide) groups is 1. The molecule has 106 valence electrons. The van der Waals surface area contributed by atoms with Crippen LogP contribution in [0.15, 0.2) is 30.3 Å². The Bertz CT molecular complexity index is 487. The second kappa shape index (κ2) is 6.77. The van der Waals surface area contributed by atoms with Gasteiger partial charge in [0, 0.05) is 24.1 Å². The summed E-state index contributed by atoms with van der Waals surface area (Å²) in [6, 6.07) is 10.4. The van der Waals surface area contributed by atoms with Gasteiger partial charge in [-0.15, -0.1) is 0 Å². The standard InChI is InChI=1S/C14H21NO2S2/c1-2-12-19(16,17)15-9-8-14(18-11-10-15)13-6-4-3-5-7-13/h3-7,14H,2,8-12H2,1H3/t14-/m1/s1. The average molecular weight is 299 g/mol. The van der Waals surface area contributed by atoms with E-state index in [1.807, 2.05) is 36.9 Å². The van der Waals surface area contributed by atoms with Gasteiger partial charge in [-0.05, 0) is 18.4 Å². The number of nitrogens with zero attached hydrogens (tertiary/aromatic N) is 1. The molecule has 0 unspecified atom stereocenters. The van der Waals surface area contributed by atoms with Crippen LogP contribution in [0.1, 0.15) is 30.6 Å². The summed E-state index contributed by atoms with van der Waals surface area (Å²) in [5.74, 6) is 1.15. The lowest BCUT2D eigenvalue weighted by molar-refractivity contribution is 0.427. The first-order valence-electron chi connectivity index (χ1n) is 6.78. The summed E-state index contributed by atoms with van der Waals surface area (Å²) in [6.45, 7) is 3.21. The third-order valence-electron chi connectivity index (χ3n) is 3.33. The Morgan fingerprint density at radius 1 is 1.26 bits per heavy atom. The van der Waals surface area contributed by atoms with Gasteiger partial charge in [-0.2, -0.15) is 11.8 Å². The van der Waals surface area contributed by atoms with Gasteiger partial charge in [-0.1, -0.05) is 37.3 Å². The van der Waals surface area contributed by atoms with Crippen molar-refractivity contribution < 1.29 is 8.42 Å². The molecule has 3 nitrogen and oxygen atoms in total. The molecule has 19 heavy (non-hydrogen) atoms. The Labute approximate surface area is 120 Å². The lowest BCUT2D eigenvalue weighted by Crippen LogP contribution is -2.34. The second-order valence-corrected chi connectivity index (χ2v) is 8.17. The summed E-state index contributed by atoms with van der Waals surface area (Å²) < 4.78 is 25.9. The van der Waals surface area contributed by atoms with Crippen LogP contribution >= 0.6 is 11.8 Å². The number of sulfonamides is 1. The highest BCUT2D eigenvalue weighted by atomic mass is 32.2. The van der Waals surface area contributed by atoms with Crippen LogP contribution < -0.4 is 0 Å². The first-order chi connectivity index (χ1) is 9.13. The summed E-state index contributed by atoms with van der Waals surface area (Å²) in [7, 11) is -3.04. The highest BCUT2D eigenvalue weighted by Gasteiger charge is 2.25. The topological polar surface area (TPSA) is 37.4 Å². The maximum Gasteiger partial charge on any atom is 0.214 e. The molecule has 0 aliphatic carbocycles. The van der Waals surface area contributed by atoms with E-state index in [1.54, 1.807) is 4.31 Å². The Balaban J connectivity index is 2.03. The smallest absolute Gasteiger partial charge is 0.212 e. The van der Waals surface area contributed by atoms with E-state index >= 15 is 0 Å². The van der Waals surface area contributed by atoms with Crippen molar-refractivity contribution in [2.24, 2.45) is 0 Å². The van der Waals surface area contributed by atoms with Gasteiger partial charge in [-0.25, -0.2) is 12.7 Å². The molecule has 0 amide bonds. The fourth-order valence-electron chi connectivity index (χ4n) is 2.35. The van der Waals surface area contributed by atoms with E-state index in [9.17, 15) is 8.42 Å². The molecule has 0 N–H and O–H groups in total. The van der Waals surface area contributed by atoms with Crippen molar-refractivity contribution in [1.29, 1.82) is 0 Å². The van der Waals surface area contributed by atoms with Crippen molar-refractivity contribution in [2.75, 3.05) is 24.6 Å². The van der Waals surface area contributed by atoms with E-state index < -0.39 is 10.0 Å². The Morgan fingerprint density at radius 3 is 2.68 bits per heavy atom. The van der Waals surface area contributed by atoms with Crippen molar-refractivity contribution in [3.8, 4) is 0 Å². The van der Waals surface area contributed by atoms with Gasteiger partial charge in [-0.3, -0.25) is 0 Å². The van der Waals surface area contributed by atoms with Crippen LogP contribution in [-0.2, 0) is 10.0 Å². The van der Waals surface area contributed by atoms with E-state index in [2.05, 4.69) is 12.1 Å². The molecule has 1 aromatic rings. The van der Waals surface area contributed by atoms with Gasteiger partial charge in [0.2, 0.25) is 10.0 Å².